The van der Waals surface area contributed by atoms with Crippen molar-refractivity contribution in [3.05, 3.63) is 60.0 Å². The Labute approximate surface area is 143 Å². The van der Waals surface area contributed by atoms with Gasteiger partial charge in [0.2, 0.25) is 11.7 Å². The minimum atomic E-state index is -0.324. The standard InChI is InChI=1S/C18H16N2O5/c1-12(21)13-4-2-5-14(8-13)19-18(22)11-23-10-15-9-17(25-20-15)16-6-3-7-24-16/h2-9H,10-11H2,1H3,(H,19,22). The fourth-order valence-electron chi connectivity index (χ4n) is 2.18. The van der Waals surface area contributed by atoms with Crippen LogP contribution in [0.4, 0.5) is 5.69 Å². The first-order valence-corrected chi connectivity index (χ1v) is 7.60. The van der Waals surface area contributed by atoms with Crippen LogP contribution in [0.3, 0.4) is 0 Å². The summed E-state index contributed by atoms with van der Waals surface area (Å²) in [5.74, 6) is 0.678. The highest BCUT2D eigenvalue weighted by molar-refractivity contribution is 5.97. The lowest BCUT2D eigenvalue weighted by molar-refractivity contribution is -0.121. The van der Waals surface area contributed by atoms with Gasteiger partial charge in [-0.3, -0.25) is 9.59 Å². The summed E-state index contributed by atoms with van der Waals surface area (Å²) in [5.41, 5.74) is 1.63. The zero-order chi connectivity index (χ0) is 17.6. The number of ether oxygens (including phenoxy) is 1. The Morgan fingerprint density at radius 1 is 1.16 bits per heavy atom. The van der Waals surface area contributed by atoms with Gasteiger partial charge in [-0.05, 0) is 31.2 Å². The maximum atomic E-state index is 11.9. The van der Waals surface area contributed by atoms with Crippen molar-refractivity contribution in [3.8, 4) is 11.5 Å². The molecule has 25 heavy (non-hydrogen) atoms. The maximum absolute atomic E-state index is 11.9. The van der Waals surface area contributed by atoms with Crippen molar-refractivity contribution in [3.63, 3.8) is 0 Å². The Morgan fingerprint density at radius 3 is 2.80 bits per heavy atom. The van der Waals surface area contributed by atoms with Crippen molar-refractivity contribution in [1.29, 1.82) is 0 Å². The molecule has 2 aromatic heterocycles. The normalized spacial score (nSPS) is 10.6. The summed E-state index contributed by atoms with van der Waals surface area (Å²) in [6.07, 6.45) is 1.54. The molecular weight excluding hydrogens is 324 g/mol. The van der Waals surface area contributed by atoms with E-state index >= 15 is 0 Å². The number of carbonyl (C=O) groups excluding carboxylic acids is 2. The molecule has 3 aromatic rings. The molecule has 0 radical (unpaired) electrons. The van der Waals surface area contributed by atoms with Gasteiger partial charge in [-0.25, -0.2) is 0 Å². The second kappa shape index (κ2) is 7.59. The Bertz CT molecular complexity index is 867. The molecule has 128 valence electrons. The highest BCUT2D eigenvalue weighted by Crippen LogP contribution is 2.20. The second-order valence-electron chi connectivity index (χ2n) is 5.34. The van der Waals surface area contributed by atoms with Crippen LogP contribution < -0.4 is 5.32 Å². The van der Waals surface area contributed by atoms with Crippen molar-refractivity contribution in [2.24, 2.45) is 0 Å². The predicted octanol–water partition coefficient (Wildman–Crippen LogP) is 3.29. The van der Waals surface area contributed by atoms with E-state index in [2.05, 4.69) is 10.5 Å². The number of hydrogen-bond acceptors (Lipinski definition) is 6. The van der Waals surface area contributed by atoms with Gasteiger partial charge in [-0.15, -0.1) is 0 Å². The fourth-order valence-corrected chi connectivity index (χ4v) is 2.18. The summed E-state index contributed by atoms with van der Waals surface area (Å²) in [4.78, 5) is 23.2. The molecule has 0 unspecified atom stereocenters. The highest BCUT2D eigenvalue weighted by Gasteiger charge is 2.10. The first kappa shape index (κ1) is 16.7. The number of amides is 1. The lowest BCUT2D eigenvalue weighted by Crippen LogP contribution is -2.18. The van der Waals surface area contributed by atoms with Gasteiger partial charge in [-0.2, -0.15) is 0 Å². The van der Waals surface area contributed by atoms with Crippen LogP contribution in [-0.2, 0) is 16.1 Å². The molecule has 0 saturated heterocycles. The summed E-state index contributed by atoms with van der Waals surface area (Å²) < 4.78 is 15.7. The summed E-state index contributed by atoms with van der Waals surface area (Å²) in [6, 6.07) is 11.9. The molecule has 0 aliphatic heterocycles. The van der Waals surface area contributed by atoms with E-state index < -0.39 is 0 Å². The number of rotatable bonds is 7. The lowest BCUT2D eigenvalue weighted by atomic mass is 10.1. The number of nitrogens with one attached hydrogen (secondary N) is 1. The van der Waals surface area contributed by atoms with Crippen LogP contribution in [0.25, 0.3) is 11.5 Å². The summed E-state index contributed by atoms with van der Waals surface area (Å²) in [5, 5.41) is 6.53. The fraction of sp³-hybridized carbons (Fsp3) is 0.167. The molecule has 0 aliphatic carbocycles. The third-order valence-corrected chi connectivity index (χ3v) is 3.36. The van der Waals surface area contributed by atoms with Crippen molar-refractivity contribution >= 4 is 17.4 Å². The van der Waals surface area contributed by atoms with E-state index in [1.807, 2.05) is 0 Å². The SMILES string of the molecule is CC(=O)c1cccc(NC(=O)COCc2cc(-c3ccco3)on2)c1. The van der Waals surface area contributed by atoms with E-state index in [0.717, 1.165) is 0 Å². The molecule has 1 aromatic carbocycles. The van der Waals surface area contributed by atoms with Crippen LogP contribution in [0.5, 0.6) is 0 Å². The van der Waals surface area contributed by atoms with Gasteiger partial charge < -0.3 is 19.0 Å². The Kier molecular flexibility index (Phi) is 5.06. The molecule has 2 heterocycles. The zero-order valence-corrected chi connectivity index (χ0v) is 13.5. The molecule has 3 rings (SSSR count). The molecule has 0 spiro atoms. The van der Waals surface area contributed by atoms with Crippen LogP contribution in [0.2, 0.25) is 0 Å². The summed E-state index contributed by atoms with van der Waals surface area (Å²) in [6.45, 7) is 1.46. The monoisotopic (exact) mass is 340 g/mol. The van der Waals surface area contributed by atoms with Gasteiger partial charge in [-0.1, -0.05) is 17.3 Å². The molecule has 0 bridgehead atoms. The van der Waals surface area contributed by atoms with Crippen LogP contribution in [-0.4, -0.2) is 23.5 Å². The second-order valence-corrected chi connectivity index (χ2v) is 5.34. The number of nitrogens with zero attached hydrogens (tertiary/aromatic N) is 1. The molecule has 1 amide bonds. The molecule has 7 heteroatoms. The minimum absolute atomic E-state index is 0.0641. The summed E-state index contributed by atoms with van der Waals surface area (Å²) in [7, 11) is 0. The highest BCUT2D eigenvalue weighted by atomic mass is 16.5. The maximum Gasteiger partial charge on any atom is 0.250 e. The van der Waals surface area contributed by atoms with E-state index in [9.17, 15) is 9.59 Å². The van der Waals surface area contributed by atoms with E-state index in [4.69, 9.17) is 13.7 Å². The topological polar surface area (TPSA) is 94.6 Å². The number of aromatic nitrogens is 1. The number of hydrogen-bond donors (Lipinski definition) is 1. The van der Waals surface area contributed by atoms with Crippen LogP contribution >= 0.6 is 0 Å². The van der Waals surface area contributed by atoms with Crippen LogP contribution in [0.1, 0.15) is 23.0 Å². The first-order valence-electron chi connectivity index (χ1n) is 7.60. The van der Waals surface area contributed by atoms with E-state index in [1.54, 1.807) is 48.7 Å². The van der Waals surface area contributed by atoms with Gasteiger partial charge in [0.1, 0.15) is 12.3 Å². The van der Waals surface area contributed by atoms with Crippen molar-refractivity contribution in [1.82, 2.24) is 5.16 Å². The van der Waals surface area contributed by atoms with Crippen molar-refractivity contribution < 1.29 is 23.3 Å². The average molecular weight is 340 g/mol. The number of benzene rings is 1. The third kappa shape index (κ3) is 4.42. The van der Waals surface area contributed by atoms with Crippen LogP contribution in [0.15, 0.2) is 57.7 Å². The Morgan fingerprint density at radius 2 is 2.04 bits per heavy atom. The van der Waals surface area contributed by atoms with Gasteiger partial charge >= 0.3 is 0 Å². The molecule has 0 aliphatic rings. The molecule has 0 atom stereocenters. The molecule has 0 saturated carbocycles. The van der Waals surface area contributed by atoms with Gasteiger partial charge in [0, 0.05) is 17.3 Å². The minimum Gasteiger partial charge on any atom is -0.461 e. The number of furan rings is 1. The number of ketones is 1. The van der Waals surface area contributed by atoms with Gasteiger partial charge in [0.15, 0.2) is 11.5 Å². The largest absolute Gasteiger partial charge is 0.461 e. The lowest BCUT2D eigenvalue weighted by Gasteiger charge is -2.06. The summed E-state index contributed by atoms with van der Waals surface area (Å²) >= 11 is 0. The van der Waals surface area contributed by atoms with E-state index in [1.165, 1.54) is 6.92 Å². The molecule has 7 nitrogen and oxygen atoms in total. The molecular formula is C18H16N2O5. The average Bonchev–Trinajstić information content (AvgIpc) is 3.26. The molecule has 0 fully saturated rings. The Balaban J connectivity index is 1.48. The number of Topliss-reactive ketones (excluding diaryl/α,β-unsaturated/α-hetero) is 1. The number of anilines is 1. The van der Waals surface area contributed by atoms with Gasteiger partial charge in [0.05, 0.1) is 12.9 Å². The third-order valence-electron chi connectivity index (χ3n) is 3.36. The zero-order valence-electron chi connectivity index (χ0n) is 13.5. The van der Waals surface area contributed by atoms with E-state index in [0.29, 0.717) is 28.5 Å². The van der Waals surface area contributed by atoms with Crippen LogP contribution in [0, 0.1) is 0 Å². The van der Waals surface area contributed by atoms with Gasteiger partial charge in [0.25, 0.3) is 0 Å². The number of carbonyl (C=O) groups is 2. The predicted molar refractivity (Wildman–Crippen MR) is 88.9 cm³/mol. The quantitative estimate of drug-likeness (QED) is 0.663. The van der Waals surface area contributed by atoms with E-state index in [-0.39, 0.29) is 24.9 Å². The smallest absolute Gasteiger partial charge is 0.250 e. The Hall–Kier alpha value is -3.19. The van der Waals surface area contributed by atoms with Crippen molar-refractivity contribution in [2.45, 2.75) is 13.5 Å². The molecule has 1 N–H and O–H groups in total. The first-order chi connectivity index (χ1) is 12.1. The van der Waals surface area contributed by atoms with Crippen molar-refractivity contribution in [2.75, 3.05) is 11.9 Å².